The number of alkyl halides is 3. The molecule has 1 aromatic carbocycles. The summed E-state index contributed by atoms with van der Waals surface area (Å²) >= 11 is 0. The van der Waals surface area contributed by atoms with Crippen molar-refractivity contribution in [1.82, 2.24) is 10.1 Å². The Kier molecular flexibility index (Phi) is 4.98. The second-order valence-electron chi connectivity index (χ2n) is 6.76. The second kappa shape index (κ2) is 6.95. The first-order valence-electron chi connectivity index (χ1n) is 8.40. The number of aromatic nitrogens is 1. The van der Waals surface area contributed by atoms with E-state index in [0.29, 0.717) is 31.0 Å². The van der Waals surface area contributed by atoms with Crippen LogP contribution in [0.4, 0.5) is 17.6 Å². The Morgan fingerprint density at radius 1 is 1.22 bits per heavy atom. The molecule has 0 spiro atoms. The smallest absolute Gasteiger partial charge is 0.373 e. The number of rotatable bonds is 3. The molecule has 1 unspecified atom stereocenters. The van der Waals surface area contributed by atoms with E-state index in [1.54, 1.807) is 12.1 Å². The van der Waals surface area contributed by atoms with Crippen LogP contribution in [0.3, 0.4) is 0 Å². The van der Waals surface area contributed by atoms with Crippen LogP contribution >= 0.6 is 0 Å². The van der Waals surface area contributed by atoms with Gasteiger partial charge in [-0.15, -0.1) is 0 Å². The third-order valence-electron chi connectivity index (χ3n) is 4.91. The van der Waals surface area contributed by atoms with Gasteiger partial charge in [-0.2, -0.15) is 13.2 Å². The van der Waals surface area contributed by atoms with Crippen molar-refractivity contribution in [2.75, 3.05) is 13.1 Å². The van der Waals surface area contributed by atoms with Crippen LogP contribution in [0.25, 0.3) is 11.3 Å². The highest BCUT2D eigenvalue weighted by molar-refractivity contribution is 5.85. The summed E-state index contributed by atoms with van der Waals surface area (Å²) < 4.78 is 56.7. The van der Waals surface area contributed by atoms with Gasteiger partial charge in [0.1, 0.15) is 17.8 Å². The SMILES string of the molecule is CC(O)(C(=O)N1CCC(c2conc2-c2ccc(F)cc2)CC1)C(F)(F)F. The predicted octanol–water partition coefficient (Wildman–Crippen LogP) is 3.50. The number of halogens is 4. The first kappa shape index (κ1) is 19.3. The van der Waals surface area contributed by atoms with E-state index in [0.717, 1.165) is 10.5 Å². The van der Waals surface area contributed by atoms with E-state index in [2.05, 4.69) is 5.16 Å². The molecule has 27 heavy (non-hydrogen) atoms. The number of carbonyl (C=O) groups excluding carboxylic acids is 1. The minimum Gasteiger partial charge on any atom is -0.373 e. The summed E-state index contributed by atoms with van der Waals surface area (Å²) in [6.45, 7) is 0.613. The van der Waals surface area contributed by atoms with Gasteiger partial charge < -0.3 is 14.5 Å². The number of nitrogens with zero attached hydrogens (tertiary/aromatic N) is 2. The minimum atomic E-state index is -5.04. The maximum Gasteiger partial charge on any atom is 0.426 e. The molecule has 1 saturated heterocycles. The molecule has 1 aromatic heterocycles. The largest absolute Gasteiger partial charge is 0.426 e. The zero-order chi connectivity index (χ0) is 19.8. The lowest BCUT2D eigenvalue weighted by atomic mass is 9.87. The molecule has 1 aliphatic heterocycles. The van der Waals surface area contributed by atoms with Crippen molar-refractivity contribution < 1.29 is 32.0 Å². The summed E-state index contributed by atoms with van der Waals surface area (Å²) in [7, 11) is 0. The van der Waals surface area contributed by atoms with E-state index in [4.69, 9.17) is 4.52 Å². The lowest BCUT2D eigenvalue weighted by Gasteiger charge is -2.36. The van der Waals surface area contributed by atoms with Gasteiger partial charge in [-0.1, -0.05) is 5.16 Å². The number of carbonyl (C=O) groups is 1. The average molecular weight is 386 g/mol. The number of amides is 1. The maximum atomic E-state index is 13.1. The molecule has 5 nitrogen and oxygen atoms in total. The molecule has 1 fully saturated rings. The van der Waals surface area contributed by atoms with Crippen molar-refractivity contribution in [2.24, 2.45) is 0 Å². The molecule has 9 heteroatoms. The minimum absolute atomic E-state index is 0.0730. The molecule has 1 aliphatic rings. The average Bonchev–Trinajstić information content (AvgIpc) is 3.10. The van der Waals surface area contributed by atoms with Crippen LogP contribution in [0.15, 0.2) is 35.1 Å². The van der Waals surface area contributed by atoms with Gasteiger partial charge in [-0.25, -0.2) is 4.39 Å². The quantitative estimate of drug-likeness (QED) is 0.820. The predicted molar refractivity (Wildman–Crippen MR) is 87.1 cm³/mol. The van der Waals surface area contributed by atoms with E-state index in [1.165, 1.54) is 18.4 Å². The van der Waals surface area contributed by atoms with E-state index < -0.39 is 17.7 Å². The Hall–Kier alpha value is -2.42. The number of aliphatic hydroxyl groups is 1. The summed E-state index contributed by atoms with van der Waals surface area (Å²) in [6.07, 6.45) is -2.78. The van der Waals surface area contributed by atoms with E-state index in [9.17, 15) is 27.5 Å². The van der Waals surface area contributed by atoms with Crippen LogP contribution in [-0.4, -0.2) is 45.9 Å². The number of likely N-dealkylation sites (tertiary alicyclic amines) is 1. The zero-order valence-electron chi connectivity index (χ0n) is 14.5. The fourth-order valence-electron chi connectivity index (χ4n) is 3.18. The molecule has 2 aromatic rings. The molecule has 0 radical (unpaired) electrons. The van der Waals surface area contributed by atoms with Crippen LogP contribution in [0, 0.1) is 5.82 Å². The van der Waals surface area contributed by atoms with Crippen molar-refractivity contribution in [2.45, 2.75) is 37.5 Å². The highest BCUT2D eigenvalue weighted by Gasteiger charge is 2.57. The molecule has 3 rings (SSSR count). The lowest BCUT2D eigenvalue weighted by molar-refractivity contribution is -0.250. The first-order valence-corrected chi connectivity index (χ1v) is 8.40. The Bertz CT molecular complexity index is 807. The van der Waals surface area contributed by atoms with Crippen molar-refractivity contribution in [3.63, 3.8) is 0 Å². The monoisotopic (exact) mass is 386 g/mol. The van der Waals surface area contributed by atoms with Crippen LogP contribution in [0.5, 0.6) is 0 Å². The molecular weight excluding hydrogens is 368 g/mol. The maximum absolute atomic E-state index is 13.1. The van der Waals surface area contributed by atoms with Gasteiger partial charge in [0.2, 0.25) is 5.60 Å². The topological polar surface area (TPSA) is 66.6 Å². The van der Waals surface area contributed by atoms with Crippen molar-refractivity contribution in [1.29, 1.82) is 0 Å². The summed E-state index contributed by atoms with van der Waals surface area (Å²) in [5.41, 5.74) is -1.44. The molecule has 1 amide bonds. The summed E-state index contributed by atoms with van der Waals surface area (Å²) in [5, 5.41) is 13.5. The number of piperidine rings is 1. The summed E-state index contributed by atoms with van der Waals surface area (Å²) in [6, 6.07) is 5.73. The second-order valence-corrected chi connectivity index (χ2v) is 6.76. The Morgan fingerprint density at radius 2 is 1.81 bits per heavy atom. The first-order chi connectivity index (χ1) is 12.6. The van der Waals surface area contributed by atoms with Gasteiger partial charge in [0.05, 0.1) is 0 Å². The van der Waals surface area contributed by atoms with Gasteiger partial charge in [0.25, 0.3) is 5.91 Å². The summed E-state index contributed by atoms with van der Waals surface area (Å²) in [4.78, 5) is 13.1. The van der Waals surface area contributed by atoms with Gasteiger partial charge in [-0.3, -0.25) is 4.79 Å². The fraction of sp³-hybridized carbons (Fsp3) is 0.444. The normalized spacial score (nSPS) is 18.4. The molecule has 0 saturated carbocycles. The van der Waals surface area contributed by atoms with E-state index in [1.807, 2.05) is 0 Å². The summed E-state index contributed by atoms with van der Waals surface area (Å²) in [5.74, 6) is -1.80. The number of hydrogen-bond donors (Lipinski definition) is 1. The third kappa shape index (κ3) is 3.69. The Morgan fingerprint density at radius 3 is 2.37 bits per heavy atom. The molecule has 146 valence electrons. The standard InChI is InChI=1S/C18H18F4N2O3/c1-17(26,18(20,21)22)16(25)24-8-6-11(7-9-24)14-10-27-23-15(14)12-2-4-13(19)5-3-12/h2-5,10-11,26H,6-9H2,1H3. The molecular formula is C18H18F4N2O3. The number of hydrogen-bond acceptors (Lipinski definition) is 4. The van der Waals surface area contributed by atoms with Crippen LogP contribution in [0.1, 0.15) is 31.2 Å². The highest BCUT2D eigenvalue weighted by Crippen LogP contribution is 2.37. The fourth-order valence-corrected chi connectivity index (χ4v) is 3.18. The molecule has 1 N–H and O–H groups in total. The van der Waals surface area contributed by atoms with Gasteiger partial charge >= 0.3 is 6.18 Å². The van der Waals surface area contributed by atoms with Gasteiger partial charge in [0, 0.05) is 24.2 Å². The van der Waals surface area contributed by atoms with E-state index in [-0.39, 0.29) is 24.8 Å². The van der Waals surface area contributed by atoms with Crippen LogP contribution in [0.2, 0.25) is 0 Å². The number of benzene rings is 1. The van der Waals surface area contributed by atoms with Crippen LogP contribution in [-0.2, 0) is 4.79 Å². The lowest BCUT2D eigenvalue weighted by Crippen LogP contribution is -2.57. The van der Waals surface area contributed by atoms with Gasteiger partial charge in [0.15, 0.2) is 0 Å². The Balaban J connectivity index is 1.71. The van der Waals surface area contributed by atoms with Crippen LogP contribution < -0.4 is 0 Å². The van der Waals surface area contributed by atoms with E-state index >= 15 is 0 Å². The molecule has 1 atom stereocenters. The third-order valence-corrected chi connectivity index (χ3v) is 4.91. The molecule has 0 bridgehead atoms. The van der Waals surface area contributed by atoms with Crippen molar-refractivity contribution in [3.8, 4) is 11.3 Å². The highest BCUT2D eigenvalue weighted by atomic mass is 19.4. The zero-order valence-corrected chi connectivity index (χ0v) is 14.5. The Labute approximate surface area is 152 Å². The van der Waals surface area contributed by atoms with Crippen molar-refractivity contribution >= 4 is 5.91 Å². The molecule has 0 aliphatic carbocycles. The molecule has 2 heterocycles. The van der Waals surface area contributed by atoms with Crippen molar-refractivity contribution in [3.05, 3.63) is 41.9 Å². The van der Waals surface area contributed by atoms with Gasteiger partial charge in [-0.05, 0) is 49.9 Å².